The largest absolute Gasteiger partial charge is 0.480 e. The number of nitrogens with one attached hydrogen (secondary N) is 1. The Morgan fingerprint density at radius 2 is 1.63 bits per heavy atom. The number of carboxylic acids is 1. The Bertz CT molecular complexity index is 548. The zero-order valence-corrected chi connectivity index (χ0v) is 18.2. The van der Waals surface area contributed by atoms with E-state index in [0.29, 0.717) is 5.75 Å². The van der Waals surface area contributed by atoms with Crippen LogP contribution in [-0.2, 0) is 14.3 Å². The van der Waals surface area contributed by atoms with Gasteiger partial charge in [-0.15, -0.1) is 0 Å². The van der Waals surface area contributed by atoms with E-state index in [2.05, 4.69) is 51.2 Å². The summed E-state index contributed by atoms with van der Waals surface area (Å²) in [7, 11) is 1.40. The lowest BCUT2D eigenvalue weighted by Crippen LogP contribution is -2.44. The van der Waals surface area contributed by atoms with Gasteiger partial charge in [0.15, 0.2) is 0 Å². The average molecular weight is 398 g/mol. The zero-order valence-electron chi connectivity index (χ0n) is 17.3. The van der Waals surface area contributed by atoms with Crippen LogP contribution in [0.2, 0.25) is 0 Å². The third-order valence-corrected chi connectivity index (χ3v) is 4.84. The Hall–Kier alpha value is -1.53. The average Bonchev–Trinajstić information content (AvgIpc) is 2.57. The van der Waals surface area contributed by atoms with Crippen LogP contribution in [0.1, 0.15) is 53.4 Å². The van der Waals surface area contributed by atoms with Gasteiger partial charge in [-0.3, -0.25) is 4.79 Å². The maximum Gasteiger partial charge on any atom is 0.327 e. The summed E-state index contributed by atoms with van der Waals surface area (Å²) in [5.74, 6) is -0.373. The molecule has 0 bridgehead atoms. The molecule has 1 atom stereocenters. The summed E-state index contributed by atoms with van der Waals surface area (Å²) in [5, 5.41) is 11.6. The Balaban J connectivity index is 4.14. The molecule has 0 radical (unpaired) electrons. The number of thioether (sulfide) groups is 1. The van der Waals surface area contributed by atoms with E-state index in [4.69, 9.17) is 9.84 Å². The number of hydrogen-bond acceptors (Lipinski definition) is 4. The van der Waals surface area contributed by atoms with Crippen LogP contribution < -0.4 is 5.32 Å². The van der Waals surface area contributed by atoms with Gasteiger partial charge >= 0.3 is 5.97 Å². The summed E-state index contributed by atoms with van der Waals surface area (Å²) in [4.78, 5) is 22.6. The predicted octanol–water partition coefficient (Wildman–Crippen LogP) is 4.35. The van der Waals surface area contributed by atoms with Crippen molar-refractivity contribution >= 4 is 23.6 Å². The second-order valence-electron chi connectivity index (χ2n) is 6.89. The Morgan fingerprint density at radius 3 is 2.19 bits per heavy atom. The molecule has 0 fully saturated rings. The van der Waals surface area contributed by atoms with E-state index in [9.17, 15) is 9.59 Å². The second-order valence-corrected chi connectivity index (χ2v) is 7.96. The molecule has 0 aromatic carbocycles. The fourth-order valence-electron chi connectivity index (χ4n) is 2.27. The monoisotopic (exact) mass is 397 g/mol. The van der Waals surface area contributed by atoms with Crippen molar-refractivity contribution in [2.24, 2.45) is 0 Å². The van der Waals surface area contributed by atoms with Crippen molar-refractivity contribution in [2.45, 2.75) is 59.4 Å². The van der Waals surface area contributed by atoms with Gasteiger partial charge in [-0.05, 0) is 53.4 Å². The van der Waals surface area contributed by atoms with Gasteiger partial charge in [0, 0.05) is 18.6 Å². The summed E-state index contributed by atoms with van der Waals surface area (Å²) >= 11 is 1.50. The van der Waals surface area contributed by atoms with Crippen LogP contribution in [0.3, 0.4) is 0 Å². The number of carbonyl (C=O) groups is 2. The Morgan fingerprint density at radius 1 is 1.04 bits per heavy atom. The molecule has 0 aliphatic rings. The predicted molar refractivity (Wildman–Crippen MR) is 114 cm³/mol. The molecular weight excluding hydrogens is 362 g/mol. The standard InChI is InChI=1S/C21H35NO4S/c1-16(2)8-6-9-17(3)10-7-11-18(4)12-13-27-15-19(21(24)25)22-20(23)14-26-5/h8,10,12,19H,6-7,9,11,13-15H2,1-5H3,(H,22,23)(H,24,25). The van der Waals surface area contributed by atoms with Crippen molar-refractivity contribution in [2.75, 3.05) is 25.2 Å². The third kappa shape index (κ3) is 15.2. The quantitative estimate of drug-likeness (QED) is 0.336. The van der Waals surface area contributed by atoms with E-state index in [-0.39, 0.29) is 6.61 Å². The molecule has 0 aliphatic heterocycles. The molecule has 0 aromatic rings. The molecule has 27 heavy (non-hydrogen) atoms. The summed E-state index contributed by atoms with van der Waals surface area (Å²) in [6.07, 6.45) is 10.9. The topological polar surface area (TPSA) is 75.6 Å². The maximum atomic E-state index is 11.4. The molecular formula is C21H35NO4S. The number of carboxylic acid groups (broad SMARTS) is 1. The molecule has 154 valence electrons. The summed E-state index contributed by atoms with van der Waals surface area (Å²) in [6, 6.07) is -0.891. The number of amides is 1. The number of ether oxygens (including phenoxy) is 1. The van der Waals surface area contributed by atoms with E-state index >= 15 is 0 Å². The van der Waals surface area contributed by atoms with E-state index in [0.717, 1.165) is 31.4 Å². The van der Waals surface area contributed by atoms with Crippen LogP contribution in [0.4, 0.5) is 0 Å². The summed E-state index contributed by atoms with van der Waals surface area (Å²) in [5.41, 5.74) is 4.08. The summed E-state index contributed by atoms with van der Waals surface area (Å²) in [6.45, 7) is 8.39. The minimum absolute atomic E-state index is 0.130. The molecule has 2 N–H and O–H groups in total. The zero-order chi connectivity index (χ0) is 20.7. The van der Waals surface area contributed by atoms with E-state index in [1.165, 1.54) is 35.6 Å². The molecule has 0 saturated heterocycles. The van der Waals surface area contributed by atoms with Crippen molar-refractivity contribution in [3.63, 3.8) is 0 Å². The van der Waals surface area contributed by atoms with Crippen LogP contribution >= 0.6 is 11.8 Å². The van der Waals surface area contributed by atoms with Gasteiger partial charge < -0.3 is 15.2 Å². The highest BCUT2D eigenvalue weighted by Gasteiger charge is 2.19. The van der Waals surface area contributed by atoms with E-state index in [1.54, 1.807) is 0 Å². The van der Waals surface area contributed by atoms with Gasteiger partial charge in [0.2, 0.25) is 5.91 Å². The number of methoxy groups -OCH3 is 1. The highest BCUT2D eigenvalue weighted by Crippen LogP contribution is 2.13. The number of rotatable bonds is 14. The normalized spacial score (nSPS) is 13.2. The van der Waals surface area contributed by atoms with Crippen molar-refractivity contribution in [1.82, 2.24) is 5.32 Å². The maximum absolute atomic E-state index is 11.4. The van der Waals surface area contributed by atoms with Crippen LogP contribution in [0, 0.1) is 0 Å². The number of hydrogen-bond donors (Lipinski definition) is 2. The smallest absolute Gasteiger partial charge is 0.327 e. The van der Waals surface area contributed by atoms with Gasteiger partial charge in [-0.2, -0.15) is 11.8 Å². The minimum Gasteiger partial charge on any atom is -0.480 e. The first-order valence-corrected chi connectivity index (χ1v) is 10.4. The fourth-order valence-corrected chi connectivity index (χ4v) is 3.27. The number of allylic oxidation sites excluding steroid dienone is 5. The molecule has 1 amide bonds. The highest BCUT2D eigenvalue weighted by atomic mass is 32.2. The van der Waals surface area contributed by atoms with Crippen molar-refractivity contribution in [3.8, 4) is 0 Å². The van der Waals surface area contributed by atoms with Crippen LogP contribution in [0.15, 0.2) is 34.9 Å². The highest BCUT2D eigenvalue weighted by molar-refractivity contribution is 7.99. The van der Waals surface area contributed by atoms with Crippen molar-refractivity contribution in [3.05, 3.63) is 34.9 Å². The molecule has 0 spiro atoms. The van der Waals surface area contributed by atoms with E-state index in [1.807, 2.05) is 0 Å². The third-order valence-electron chi connectivity index (χ3n) is 3.87. The lowest BCUT2D eigenvalue weighted by Gasteiger charge is -2.13. The van der Waals surface area contributed by atoms with Crippen LogP contribution in [0.25, 0.3) is 0 Å². The SMILES string of the molecule is COCC(=O)NC(CSCC=C(C)CCC=C(C)CCC=C(C)C)C(=O)O. The molecule has 5 nitrogen and oxygen atoms in total. The fraction of sp³-hybridized carbons (Fsp3) is 0.619. The first kappa shape index (κ1) is 25.5. The lowest BCUT2D eigenvalue weighted by atomic mass is 10.1. The molecule has 1 unspecified atom stereocenters. The van der Waals surface area contributed by atoms with Crippen LogP contribution in [0.5, 0.6) is 0 Å². The first-order chi connectivity index (χ1) is 12.8. The minimum atomic E-state index is -1.03. The number of aliphatic carboxylic acids is 1. The molecule has 0 saturated carbocycles. The summed E-state index contributed by atoms with van der Waals surface area (Å²) < 4.78 is 4.70. The van der Waals surface area contributed by atoms with Gasteiger partial charge in [0.25, 0.3) is 0 Å². The van der Waals surface area contributed by atoms with E-state index < -0.39 is 17.9 Å². The Kier molecular flexibility index (Phi) is 14.6. The van der Waals surface area contributed by atoms with Gasteiger partial charge in [-0.25, -0.2) is 4.79 Å². The van der Waals surface area contributed by atoms with Gasteiger partial charge in [-0.1, -0.05) is 34.9 Å². The lowest BCUT2D eigenvalue weighted by molar-refractivity contribution is -0.141. The van der Waals surface area contributed by atoms with Crippen molar-refractivity contribution < 1.29 is 19.4 Å². The molecule has 0 rings (SSSR count). The van der Waals surface area contributed by atoms with Crippen LogP contribution in [-0.4, -0.2) is 48.2 Å². The van der Waals surface area contributed by atoms with Crippen molar-refractivity contribution in [1.29, 1.82) is 0 Å². The van der Waals surface area contributed by atoms with Gasteiger partial charge in [0.05, 0.1) is 0 Å². The molecule has 0 heterocycles. The molecule has 6 heteroatoms. The molecule has 0 aliphatic carbocycles. The first-order valence-electron chi connectivity index (χ1n) is 9.29. The van der Waals surface area contributed by atoms with Gasteiger partial charge in [0.1, 0.15) is 12.6 Å². The number of carbonyl (C=O) groups excluding carboxylic acids is 1. The Labute approximate surface area is 168 Å². The molecule has 0 aromatic heterocycles. The second kappa shape index (κ2) is 15.5.